The first-order valence-electron chi connectivity index (χ1n) is 6.21. The molecule has 0 heterocycles. The zero-order valence-corrected chi connectivity index (χ0v) is 13.0. The number of methoxy groups -OCH3 is 1. The second kappa shape index (κ2) is 7.11. The molecule has 0 aliphatic heterocycles. The van der Waals surface area contributed by atoms with Crippen molar-refractivity contribution in [3.8, 4) is 11.8 Å². The predicted octanol–water partition coefficient (Wildman–Crippen LogP) is 0.608. The molecule has 1 aromatic carbocycles. The predicted molar refractivity (Wildman–Crippen MR) is 81.1 cm³/mol. The summed E-state index contributed by atoms with van der Waals surface area (Å²) in [6.45, 7) is 3.29. The van der Waals surface area contributed by atoms with Gasteiger partial charge < -0.3 is 10.5 Å². The number of sulfonamides is 1. The van der Waals surface area contributed by atoms with Crippen LogP contribution in [0.1, 0.15) is 18.1 Å². The van der Waals surface area contributed by atoms with E-state index >= 15 is 0 Å². The average molecular weight is 310 g/mol. The van der Waals surface area contributed by atoms with Crippen LogP contribution in [0.25, 0.3) is 0 Å². The highest BCUT2D eigenvalue weighted by Gasteiger charge is 2.29. The molecule has 1 atom stereocenters. The Morgan fingerprint density at radius 1 is 1.48 bits per heavy atom. The quantitative estimate of drug-likeness (QED) is 0.627. The maximum Gasteiger partial charge on any atom is 0.325 e. The Hall–Kier alpha value is -2.04. The van der Waals surface area contributed by atoms with Gasteiger partial charge in [-0.05, 0) is 31.5 Å². The number of nitrogens with two attached hydrogens (primary N) is 1. The number of carbonyl (C=O) groups is 1. The number of anilines is 1. The van der Waals surface area contributed by atoms with Gasteiger partial charge in [0.25, 0.3) is 0 Å². The zero-order valence-electron chi connectivity index (χ0n) is 12.1. The fourth-order valence-electron chi connectivity index (χ4n) is 1.53. The van der Waals surface area contributed by atoms with E-state index in [1.165, 1.54) is 6.92 Å². The number of hydrogen-bond acceptors (Lipinski definition) is 5. The van der Waals surface area contributed by atoms with Crippen LogP contribution in [0.4, 0.5) is 5.69 Å². The van der Waals surface area contributed by atoms with Crippen LogP contribution in [-0.4, -0.2) is 33.3 Å². The number of carbonyl (C=O) groups excluding carboxylic acids is 1. The van der Waals surface area contributed by atoms with Crippen molar-refractivity contribution in [1.82, 2.24) is 0 Å². The van der Waals surface area contributed by atoms with Gasteiger partial charge in [-0.1, -0.05) is 17.9 Å². The van der Waals surface area contributed by atoms with Gasteiger partial charge in [0.15, 0.2) is 5.25 Å². The van der Waals surface area contributed by atoms with Gasteiger partial charge in [0.1, 0.15) is 0 Å². The van der Waals surface area contributed by atoms with Gasteiger partial charge in [-0.2, -0.15) is 0 Å². The van der Waals surface area contributed by atoms with Crippen LogP contribution >= 0.6 is 0 Å². The largest absolute Gasteiger partial charge is 0.468 e. The molecule has 21 heavy (non-hydrogen) atoms. The van der Waals surface area contributed by atoms with Gasteiger partial charge in [0.05, 0.1) is 19.3 Å². The number of hydrogen-bond donors (Lipinski definition) is 2. The highest BCUT2D eigenvalue weighted by Crippen LogP contribution is 2.19. The summed E-state index contributed by atoms with van der Waals surface area (Å²) in [4.78, 5) is 11.4. The van der Waals surface area contributed by atoms with Crippen LogP contribution in [0.2, 0.25) is 0 Å². The molecule has 0 radical (unpaired) electrons. The van der Waals surface area contributed by atoms with Crippen LogP contribution in [-0.2, 0) is 19.6 Å². The first-order valence-corrected chi connectivity index (χ1v) is 7.75. The van der Waals surface area contributed by atoms with E-state index in [-0.39, 0.29) is 6.54 Å². The van der Waals surface area contributed by atoms with Crippen LogP contribution < -0.4 is 10.5 Å². The van der Waals surface area contributed by atoms with Gasteiger partial charge in [0.2, 0.25) is 10.0 Å². The Morgan fingerprint density at radius 3 is 2.71 bits per heavy atom. The average Bonchev–Trinajstić information content (AvgIpc) is 2.45. The number of aryl methyl sites for hydroxylation is 1. The highest BCUT2D eigenvalue weighted by molar-refractivity contribution is 7.94. The van der Waals surface area contributed by atoms with Crippen molar-refractivity contribution < 1.29 is 17.9 Å². The van der Waals surface area contributed by atoms with Crippen LogP contribution in [0.5, 0.6) is 0 Å². The Balaban J connectivity index is 3.15. The van der Waals surface area contributed by atoms with E-state index in [0.29, 0.717) is 11.3 Å². The fourth-order valence-corrected chi connectivity index (χ4v) is 2.54. The molecule has 0 saturated heterocycles. The van der Waals surface area contributed by atoms with Crippen molar-refractivity contribution in [3.05, 3.63) is 29.3 Å². The Morgan fingerprint density at radius 2 is 2.14 bits per heavy atom. The molecule has 0 aliphatic rings. The van der Waals surface area contributed by atoms with Crippen LogP contribution in [0.15, 0.2) is 18.2 Å². The van der Waals surface area contributed by atoms with Crippen molar-refractivity contribution in [3.63, 3.8) is 0 Å². The molecule has 0 amide bonds. The molecular formula is C14H18N2O4S. The summed E-state index contributed by atoms with van der Waals surface area (Å²) in [5.41, 5.74) is 7.06. The molecule has 114 valence electrons. The maximum atomic E-state index is 12.1. The summed E-state index contributed by atoms with van der Waals surface area (Å²) in [5.74, 6) is 4.64. The first kappa shape index (κ1) is 17.0. The minimum atomic E-state index is -3.91. The standard InChI is InChI=1S/C14H18N2O4S/c1-10-6-7-13(12(9-10)5-4-8-15)16-21(18,19)11(2)14(17)20-3/h6-7,9,11,16H,8,15H2,1-3H3. The molecule has 1 aromatic rings. The molecule has 7 heteroatoms. The summed E-state index contributed by atoms with van der Waals surface area (Å²) in [5, 5.41) is -1.32. The third kappa shape index (κ3) is 4.48. The number of rotatable bonds is 4. The second-order valence-electron chi connectivity index (χ2n) is 4.37. The molecule has 0 bridgehead atoms. The van der Waals surface area contributed by atoms with Crippen molar-refractivity contribution >= 4 is 21.7 Å². The minimum Gasteiger partial charge on any atom is -0.468 e. The molecular weight excluding hydrogens is 292 g/mol. The molecule has 0 saturated carbocycles. The van der Waals surface area contributed by atoms with Crippen molar-refractivity contribution in [2.75, 3.05) is 18.4 Å². The Bertz CT molecular complexity index is 687. The third-order valence-electron chi connectivity index (χ3n) is 2.75. The summed E-state index contributed by atoms with van der Waals surface area (Å²) >= 11 is 0. The normalized spacial score (nSPS) is 12.0. The van der Waals surface area contributed by atoms with Gasteiger partial charge >= 0.3 is 5.97 Å². The third-order valence-corrected chi connectivity index (χ3v) is 4.38. The molecule has 0 spiro atoms. The number of nitrogens with one attached hydrogen (secondary N) is 1. The van der Waals surface area contributed by atoms with Crippen molar-refractivity contribution in [1.29, 1.82) is 0 Å². The summed E-state index contributed by atoms with van der Waals surface area (Å²) < 4.78 is 31.1. The molecule has 0 fully saturated rings. The molecule has 3 N–H and O–H groups in total. The smallest absolute Gasteiger partial charge is 0.325 e. The SMILES string of the molecule is COC(=O)C(C)S(=O)(=O)Nc1ccc(C)cc1C#CCN. The van der Waals surface area contributed by atoms with Crippen LogP contribution in [0, 0.1) is 18.8 Å². The highest BCUT2D eigenvalue weighted by atomic mass is 32.2. The van der Waals surface area contributed by atoms with Gasteiger partial charge in [0, 0.05) is 5.56 Å². The van der Waals surface area contributed by atoms with Gasteiger partial charge in [-0.15, -0.1) is 0 Å². The lowest BCUT2D eigenvalue weighted by Crippen LogP contribution is -2.33. The fraction of sp³-hybridized carbons (Fsp3) is 0.357. The molecule has 1 unspecified atom stereocenters. The molecule has 6 nitrogen and oxygen atoms in total. The number of esters is 1. The van der Waals surface area contributed by atoms with E-state index in [1.54, 1.807) is 18.2 Å². The lowest BCUT2D eigenvalue weighted by molar-refractivity contribution is -0.139. The maximum absolute atomic E-state index is 12.1. The van der Waals surface area contributed by atoms with Crippen LogP contribution in [0.3, 0.4) is 0 Å². The molecule has 0 aliphatic carbocycles. The van der Waals surface area contributed by atoms with E-state index in [2.05, 4.69) is 21.3 Å². The van der Waals surface area contributed by atoms with E-state index in [1.807, 2.05) is 6.92 Å². The van der Waals surface area contributed by atoms with E-state index in [4.69, 9.17) is 5.73 Å². The van der Waals surface area contributed by atoms with Gasteiger partial charge in [-0.25, -0.2) is 8.42 Å². The number of benzene rings is 1. The van der Waals surface area contributed by atoms with E-state index in [9.17, 15) is 13.2 Å². The summed E-state index contributed by atoms with van der Waals surface area (Å²) in [6.07, 6.45) is 0. The summed E-state index contributed by atoms with van der Waals surface area (Å²) in [7, 11) is -2.77. The number of ether oxygens (including phenoxy) is 1. The van der Waals surface area contributed by atoms with Gasteiger partial charge in [-0.3, -0.25) is 9.52 Å². The Kier molecular flexibility index (Phi) is 5.76. The van der Waals surface area contributed by atoms with E-state index in [0.717, 1.165) is 12.7 Å². The monoisotopic (exact) mass is 310 g/mol. The molecule has 1 rings (SSSR count). The van der Waals surface area contributed by atoms with E-state index < -0.39 is 21.2 Å². The van der Waals surface area contributed by atoms with Crippen molar-refractivity contribution in [2.45, 2.75) is 19.1 Å². The second-order valence-corrected chi connectivity index (χ2v) is 6.37. The topological polar surface area (TPSA) is 98.5 Å². The van der Waals surface area contributed by atoms with Crippen molar-refractivity contribution in [2.24, 2.45) is 5.73 Å². The zero-order chi connectivity index (χ0) is 16.0. The molecule has 0 aromatic heterocycles. The lowest BCUT2D eigenvalue weighted by atomic mass is 10.1. The summed E-state index contributed by atoms with van der Waals surface area (Å²) in [6, 6.07) is 5.08. The minimum absolute atomic E-state index is 0.165. The first-order chi connectivity index (χ1) is 9.81. The Labute approximate surface area is 124 Å². The lowest BCUT2D eigenvalue weighted by Gasteiger charge is -2.14.